The maximum absolute atomic E-state index is 13.7. The van der Waals surface area contributed by atoms with E-state index < -0.39 is 17.7 Å². The number of halogens is 2. The van der Waals surface area contributed by atoms with Crippen molar-refractivity contribution in [2.45, 2.75) is 37.8 Å². The zero-order chi connectivity index (χ0) is 30.0. The van der Waals surface area contributed by atoms with E-state index in [0.29, 0.717) is 32.1 Å². The van der Waals surface area contributed by atoms with E-state index >= 15 is 0 Å². The fraction of sp³-hybridized carbons (Fsp3) is 0.455. The van der Waals surface area contributed by atoms with Gasteiger partial charge in [0.2, 0.25) is 0 Å². The van der Waals surface area contributed by atoms with Crippen molar-refractivity contribution in [2.75, 3.05) is 64.6 Å². The van der Waals surface area contributed by atoms with Crippen molar-refractivity contribution in [2.24, 2.45) is 0 Å². The Kier molecular flexibility index (Phi) is 11.2. The summed E-state index contributed by atoms with van der Waals surface area (Å²) < 4.78 is 55.7. The molecule has 0 aromatic heterocycles. The number of β-amino-alcohol motifs (C(OH)–C–C–N with tert-alkyl or cyclic N) is 1. The van der Waals surface area contributed by atoms with Crippen molar-refractivity contribution in [3.63, 3.8) is 0 Å². The second kappa shape index (κ2) is 15.4. The molecule has 3 aromatic carbocycles. The van der Waals surface area contributed by atoms with E-state index in [9.17, 15) is 13.9 Å². The van der Waals surface area contributed by atoms with Gasteiger partial charge in [-0.3, -0.25) is 0 Å². The molecule has 1 saturated heterocycles. The van der Waals surface area contributed by atoms with Gasteiger partial charge >= 0.3 is 0 Å². The molecule has 0 spiro atoms. The maximum Gasteiger partial charge on any atom is 0.142 e. The van der Waals surface area contributed by atoms with Gasteiger partial charge in [0.25, 0.3) is 0 Å². The van der Waals surface area contributed by atoms with Crippen molar-refractivity contribution in [3.8, 4) is 11.5 Å². The first-order chi connectivity index (χ1) is 21.0. The van der Waals surface area contributed by atoms with Crippen molar-refractivity contribution in [3.05, 3.63) is 89.0 Å². The Morgan fingerprint density at radius 2 is 1.84 bits per heavy atom. The Bertz CT molecular complexity index is 1310. The molecule has 0 aliphatic carbocycles. The number of piperidine rings is 1. The van der Waals surface area contributed by atoms with Gasteiger partial charge in [0.15, 0.2) is 0 Å². The van der Waals surface area contributed by atoms with E-state index in [1.54, 1.807) is 7.11 Å². The molecule has 0 bridgehead atoms. The van der Waals surface area contributed by atoms with Gasteiger partial charge in [-0.2, -0.15) is 0 Å². The van der Waals surface area contributed by atoms with Crippen LogP contribution in [0.3, 0.4) is 0 Å². The highest BCUT2D eigenvalue weighted by Crippen LogP contribution is 2.34. The number of fused-ring (bicyclic) bond motifs is 1. The largest absolute Gasteiger partial charge is 0.491 e. The summed E-state index contributed by atoms with van der Waals surface area (Å²) in [4.78, 5) is 2.33. The van der Waals surface area contributed by atoms with E-state index in [4.69, 9.17) is 23.7 Å². The lowest BCUT2D eigenvalue weighted by molar-refractivity contribution is -0.0328. The van der Waals surface area contributed by atoms with Gasteiger partial charge in [-0.05, 0) is 60.0 Å². The van der Waals surface area contributed by atoms with Crippen LogP contribution in [-0.2, 0) is 27.4 Å². The molecule has 2 N–H and O–H groups in total. The second-order valence-electron chi connectivity index (χ2n) is 10.8. The summed E-state index contributed by atoms with van der Waals surface area (Å²) in [7, 11) is 1.72. The Morgan fingerprint density at radius 1 is 0.977 bits per heavy atom. The molecular formula is C33H40F2N2O6. The van der Waals surface area contributed by atoms with Crippen LogP contribution in [0.1, 0.15) is 29.0 Å². The topological polar surface area (TPSA) is 81.7 Å². The lowest BCUT2D eigenvalue weighted by atomic mass is 9.85. The number of aliphatic hydroxyl groups is 1. The van der Waals surface area contributed by atoms with Crippen LogP contribution in [0, 0.1) is 11.6 Å². The molecule has 1 fully saturated rings. The van der Waals surface area contributed by atoms with E-state index in [0.717, 1.165) is 66.9 Å². The van der Waals surface area contributed by atoms with Crippen LogP contribution in [0.5, 0.6) is 11.5 Å². The summed E-state index contributed by atoms with van der Waals surface area (Å²) in [6.07, 6.45) is 0.118. The third kappa shape index (κ3) is 8.43. The molecule has 0 saturated carbocycles. The van der Waals surface area contributed by atoms with Gasteiger partial charge in [0.1, 0.15) is 36.3 Å². The second-order valence-corrected chi connectivity index (χ2v) is 10.8. The van der Waals surface area contributed by atoms with Gasteiger partial charge in [0, 0.05) is 44.8 Å². The number of anilines is 1. The first-order valence-corrected chi connectivity index (χ1v) is 14.8. The summed E-state index contributed by atoms with van der Waals surface area (Å²) in [5.41, 5.74) is 3.25. The van der Waals surface area contributed by atoms with E-state index in [1.165, 1.54) is 0 Å². The molecule has 232 valence electrons. The van der Waals surface area contributed by atoms with E-state index in [-0.39, 0.29) is 37.4 Å². The Morgan fingerprint density at radius 3 is 2.67 bits per heavy atom. The van der Waals surface area contributed by atoms with Crippen LogP contribution >= 0.6 is 0 Å². The minimum Gasteiger partial charge on any atom is -0.491 e. The van der Waals surface area contributed by atoms with E-state index in [2.05, 4.69) is 16.3 Å². The summed E-state index contributed by atoms with van der Waals surface area (Å²) in [5, 5.41) is 14.2. The van der Waals surface area contributed by atoms with Gasteiger partial charge in [-0.25, -0.2) is 8.78 Å². The Balaban J connectivity index is 1.14. The Labute approximate surface area is 251 Å². The number of nitrogens with zero attached hydrogens (tertiary/aromatic N) is 1. The minimum atomic E-state index is -0.602. The van der Waals surface area contributed by atoms with Crippen molar-refractivity contribution in [1.82, 2.24) is 5.32 Å². The van der Waals surface area contributed by atoms with Crippen molar-refractivity contribution < 1.29 is 37.6 Å². The van der Waals surface area contributed by atoms with E-state index in [1.807, 2.05) is 36.4 Å². The average Bonchev–Trinajstić information content (AvgIpc) is 3.02. The van der Waals surface area contributed by atoms with Crippen LogP contribution in [0.2, 0.25) is 0 Å². The van der Waals surface area contributed by atoms with Gasteiger partial charge < -0.3 is 39.0 Å². The molecule has 2 aliphatic heterocycles. The third-order valence-electron chi connectivity index (χ3n) is 7.76. The smallest absolute Gasteiger partial charge is 0.142 e. The predicted molar refractivity (Wildman–Crippen MR) is 159 cm³/mol. The number of methoxy groups -OCH3 is 1. The SMILES string of the molecule is COCCCN1CCOc2ccc(COC3CNCC(O)C3c3ccc(OCCOCc4cc(F)ccc4F)cc3)cc21. The molecule has 3 unspecified atom stereocenters. The first kappa shape index (κ1) is 31.2. The summed E-state index contributed by atoms with van der Waals surface area (Å²) in [6, 6.07) is 17.1. The quantitative estimate of drug-likeness (QED) is 0.264. The van der Waals surface area contributed by atoms with Crippen LogP contribution < -0.4 is 19.7 Å². The zero-order valence-corrected chi connectivity index (χ0v) is 24.5. The van der Waals surface area contributed by atoms with Gasteiger partial charge in [-0.1, -0.05) is 18.2 Å². The molecule has 2 aliphatic rings. The fourth-order valence-electron chi connectivity index (χ4n) is 5.56. The highest BCUT2D eigenvalue weighted by Gasteiger charge is 2.34. The number of benzene rings is 3. The number of hydrogen-bond donors (Lipinski definition) is 2. The number of rotatable bonds is 14. The molecule has 0 amide bonds. The number of ether oxygens (including phenoxy) is 5. The lowest BCUT2D eigenvalue weighted by Crippen LogP contribution is -2.49. The average molecular weight is 599 g/mol. The predicted octanol–water partition coefficient (Wildman–Crippen LogP) is 4.43. The van der Waals surface area contributed by atoms with Crippen molar-refractivity contribution >= 4 is 5.69 Å². The normalized spacial score (nSPS) is 20.0. The summed E-state index contributed by atoms with van der Waals surface area (Å²) in [6.45, 7) is 5.09. The summed E-state index contributed by atoms with van der Waals surface area (Å²) in [5.74, 6) is 0.326. The number of hydrogen-bond acceptors (Lipinski definition) is 8. The van der Waals surface area contributed by atoms with Crippen molar-refractivity contribution in [1.29, 1.82) is 0 Å². The number of aliphatic hydroxyl groups excluding tert-OH is 1. The van der Waals surface area contributed by atoms with Crippen LogP contribution in [0.25, 0.3) is 0 Å². The molecular weight excluding hydrogens is 558 g/mol. The minimum absolute atomic E-state index is 0.0350. The molecule has 3 atom stereocenters. The number of nitrogens with one attached hydrogen (secondary N) is 1. The molecule has 2 heterocycles. The molecule has 3 aromatic rings. The molecule has 43 heavy (non-hydrogen) atoms. The lowest BCUT2D eigenvalue weighted by Gasteiger charge is -2.36. The van der Waals surface area contributed by atoms with Crippen LogP contribution in [0.4, 0.5) is 14.5 Å². The monoisotopic (exact) mass is 598 g/mol. The summed E-state index contributed by atoms with van der Waals surface area (Å²) >= 11 is 0. The molecule has 5 rings (SSSR count). The third-order valence-corrected chi connectivity index (χ3v) is 7.76. The highest BCUT2D eigenvalue weighted by molar-refractivity contribution is 5.61. The van der Waals surface area contributed by atoms with Gasteiger partial charge in [0.05, 0.1) is 44.3 Å². The molecule has 10 heteroatoms. The fourth-order valence-corrected chi connectivity index (χ4v) is 5.56. The van der Waals surface area contributed by atoms with Crippen LogP contribution in [0.15, 0.2) is 60.7 Å². The zero-order valence-electron chi connectivity index (χ0n) is 24.5. The van der Waals surface area contributed by atoms with Gasteiger partial charge in [-0.15, -0.1) is 0 Å². The Hall–Kier alpha value is -3.28. The standard InChI is InChI=1S/C33H40F2N2O6/c1-39-13-2-11-37-12-14-42-31-10-3-23(17-29(31)37)21-43-32-20-36-19-30(38)33(32)24-4-7-27(8-5-24)41-16-15-40-22-25-18-26(34)6-9-28(25)35/h3-10,17-18,30,32-33,36,38H,2,11-16,19-22H2,1H3. The maximum atomic E-state index is 13.7. The first-order valence-electron chi connectivity index (χ1n) is 14.8. The van der Waals surface area contributed by atoms with Crippen LogP contribution in [-0.4, -0.2) is 77.0 Å². The highest BCUT2D eigenvalue weighted by atomic mass is 19.1. The molecule has 0 radical (unpaired) electrons. The molecule has 8 nitrogen and oxygen atoms in total.